The van der Waals surface area contributed by atoms with E-state index in [-0.39, 0.29) is 12.0 Å². The number of hydrogen-bond donors (Lipinski definition) is 0. The zero-order chi connectivity index (χ0) is 24.8. The monoisotopic (exact) mass is 490 g/mol. The quantitative estimate of drug-likeness (QED) is 0.304. The second kappa shape index (κ2) is 9.54. The molecule has 1 aliphatic carbocycles. The topological polar surface area (TPSA) is 81.7 Å². The third kappa shape index (κ3) is 4.32. The van der Waals surface area contributed by atoms with Gasteiger partial charge in [0.2, 0.25) is 5.79 Å². The van der Waals surface area contributed by atoms with Crippen LogP contribution in [0.1, 0.15) is 69.7 Å². The van der Waals surface area contributed by atoms with E-state index in [1.807, 2.05) is 6.92 Å². The fraction of sp³-hybridized carbons (Fsp3) is 0.741. The van der Waals surface area contributed by atoms with Gasteiger partial charge in [0, 0.05) is 18.4 Å². The average molecular weight is 491 g/mol. The maximum atomic E-state index is 12.6. The molecule has 0 aromatic heterocycles. The molecule has 4 aliphatic heterocycles. The van der Waals surface area contributed by atoms with E-state index in [0.29, 0.717) is 47.8 Å². The van der Waals surface area contributed by atoms with Crippen LogP contribution in [0.25, 0.3) is 0 Å². The van der Waals surface area contributed by atoms with E-state index < -0.39 is 23.6 Å². The molecule has 5 aliphatic rings. The summed E-state index contributed by atoms with van der Waals surface area (Å²) < 4.78 is 29.1. The number of rotatable bonds is 7. The van der Waals surface area contributed by atoms with Crippen LogP contribution in [-0.4, -0.2) is 50.6 Å². The van der Waals surface area contributed by atoms with Crippen molar-refractivity contribution < 1.29 is 38.3 Å². The van der Waals surface area contributed by atoms with Crippen molar-refractivity contribution in [1.29, 1.82) is 0 Å². The zero-order valence-electron chi connectivity index (χ0n) is 21.4. The first kappa shape index (κ1) is 24.8. The van der Waals surface area contributed by atoms with Gasteiger partial charge in [-0.2, -0.15) is 0 Å². The average Bonchev–Trinajstić information content (AvgIpc) is 3.09. The number of carbonyl (C=O) groups is 1. The van der Waals surface area contributed by atoms with Gasteiger partial charge in [-0.3, -0.25) is 0 Å². The van der Waals surface area contributed by atoms with Crippen LogP contribution >= 0.6 is 0 Å². The normalized spacial score (nSPS) is 39.9. The van der Waals surface area contributed by atoms with E-state index in [9.17, 15) is 4.79 Å². The number of hydrogen-bond acceptors (Lipinski definition) is 8. The second-order valence-corrected chi connectivity index (χ2v) is 10.8. The van der Waals surface area contributed by atoms with Crippen molar-refractivity contribution in [2.24, 2.45) is 23.7 Å². The molecule has 4 saturated heterocycles. The highest BCUT2D eigenvalue weighted by Crippen LogP contribution is 2.60. The van der Waals surface area contributed by atoms with Gasteiger partial charge in [0.1, 0.15) is 11.5 Å². The van der Waals surface area contributed by atoms with Crippen molar-refractivity contribution in [3.63, 3.8) is 0 Å². The second-order valence-electron chi connectivity index (χ2n) is 10.8. The van der Waals surface area contributed by atoms with E-state index in [1.54, 1.807) is 32.4 Å². The zero-order valence-corrected chi connectivity index (χ0v) is 21.4. The number of benzene rings is 1. The Balaban J connectivity index is 1.22. The summed E-state index contributed by atoms with van der Waals surface area (Å²) in [5, 5.41) is 0. The van der Waals surface area contributed by atoms with Gasteiger partial charge in [0.05, 0.1) is 32.5 Å². The Morgan fingerprint density at radius 3 is 2.49 bits per heavy atom. The van der Waals surface area contributed by atoms with Gasteiger partial charge in [-0.1, -0.05) is 13.8 Å². The van der Waals surface area contributed by atoms with Crippen molar-refractivity contribution in [3.8, 4) is 11.5 Å². The molecule has 8 heteroatoms. The van der Waals surface area contributed by atoms with E-state index in [4.69, 9.17) is 33.5 Å². The predicted octanol–water partition coefficient (Wildman–Crippen LogP) is 4.89. The molecule has 6 rings (SSSR count). The van der Waals surface area contributed by atoms with Gasteiger partial charge in [-0.25, -0.2) is 14.6 Å². The molecule has 4 heterocycles. The Labute approximate surface area is 207 Å². The van der Waals surface area contributed by atoms with Crippen molar-refractivity contribution in [3.05, 3.63) is 23.8 Å². The smallest absolute Gasteiger partial charge is 0.338 e. The third-order valence-electron chi connectivity index (χ3n) is 8.75. The number of methoxy groups -OCH3 is 2. The minimum absolute atomic E-state index is 0.00634. The molecular weight excluding hydrogens is 452 g/mol. The Hall–Kier alpha value is -1.87. The first-order valence-electron chi connectivity index (χ1n) is 12.9. The fourth-order valence-corrected chi connectivity index (χ4v) is 6.77. The van der Waals surface area contributed by atoms with Crippen molar-refractivity contribution in [1.82, 2.24) is 0 Å². The van der Waals surface area contributed by atoms with Gasteiger partial charge in [0.25, 0.3) is 0 Å². The first-order chi connectivity index (χ1) is 16.8. The largest absolute Gasteiger partial charge is 0.497 e. The Morgan fingerprint density at radius 2 is 1.77 bits per heavy atom. The van der Waals surface area contributed by atoms with Crippen LogP contribution in [0.2, 0.25) is 0 Å². The summed E-state index contributed by atoms with van der Waals surface area (Å²) in [5.74, 6) is 1.43. The van der Waals surface area contributed by atoms with E-state index in [2.05, 4.69) is 13.8 Å². The number of carbonyl (C=O) groups excluding carboxylic acids is 1. The molecule has 1 spiro atoms. The highest BCUT2D eigenvalue weighted by molar-refractivity contribution is 5.90. The van der Waals surface area contributed by atoms with Crippen LogP contribution in [-0.2, 0) is 24.0 Å². The first-order valence-corrected chi connectivity index (χ1v) is 12.9. The van der Waals surface area contributed by atoms with Crippen LogP contribution in [0, 0.1) is 23.7 Å². The Kier molecular flexibility index (Phi) is 6.76. The number of ether oxygens (including phenoxy) is 5. The molecule has 2 bridgehead atoms. The summed E-state index contributed by atoms with van der Waals surface area (Å²) in [4.78, 5) is 24.7. The molecule has 194 valence electrons. The number of esters is 1. The minimum Gasteiger partial charge on any atom is -0.497 e. The van der Waals surface area contributed by atoms with Crippen molar-refractivity contribution in [2.45, 2.75) is 83.1 Å². The summed E-state index contributed by atoms with van der Waals surface area (Å²) >= 11 is 0. The van der Waals surface area contributed by atoms with Gasteiger partial charge in [0.15, 0.2) is 11.9 Å². The maximum absolute atomic E-state index is 12.6. The van der Waals surface area contributed by atoms with E-state index in [0.717, 1.165) is 25.7 Å². The van der Waals surface area contributed by atoms with Crippen LogP contribution in [0.4, 0.5) is 0 Å². The summed E-state index contributed by atoms with van der Waals surface area (Å²) in [7, 11) is 3.10. The molecule has 1 unspecified atom stereocenters. The van der Waals surface area contributed by atoms with Crippen LogP contribution < -0.4 is 9.47 Å². The Bertz CT molecular complexity index is 914. The summed E-state index contributed by atoms with van der Waals surface area (Å²) in [6, 6.07) is 5.02. The molecule has 1 aromatic rings. The molecule has 8 atom stereocenters. The van der Waals surface area contributed by atoms with Crippen LogP contribution in [0.3, 0.4) is 0 Å². The van der Waals surface area contributed by atoms with Gasteiger partial charge in [-0.05, 0) is 68.9 Å². The lowest BCUT2D eigenvalue weighted by Gasteiger charge is -2.60. The Morgan fingerprint density at radius 1 is 1.03 bits per heavy atom. The summed E-state index contributed by atoms with van der Waals surface area (Å²) in [6.07, 6.45) is 5.13. The fourth-order valence-electron chi connectivity index (χ4n) is 6.77. The van der Waals surface area contributed by atoms with Gasteiger partial charge in [-0.15, -0.1) is 0 Å². The molecule has 0 amide bonds. The van der Waals surface area contributed by atoms with Gasteiger partial charge < -0.3 is 23.7 Å². The van der Waals surface area contributed by atoms with E-state index >= 15 is 0 Å². The lowest BCUT2D eigenvalue weighted by atomic mass is 9.57. The predicted molar refractivity (Wildman–Crippen MR) is 126 cm³/mol. The lowest BCUT2D eigenvalue weighted by molar-refractivity contribution is -0.571. The SMILES string of the molecule is COc1cc(OC)cc(C(=O)OCCC[C@H]2OC3O[C@]4(C)CC[C@H]5[C@H](C)CC[C@@H]([C@H]2C)[C@@]35OO4)c1. The van der Waals surface area contributed by atoms with E-state index in [1.165, 1.54) is 6.42 Å². The third-order valence-corrected chi connectivity index (χ3v) is 8.75. The maximum Gasteiger partial charge on any atom is 0.338 e. The summed E-state index contributed by atoms with van der Waals surface area (Å²) in [5.41, 5.74) is -0.136. The lowest BCUT2D eigenvalue weighted by Crippen LogP contribution is -2.70. The molecule has 0 N–H and O–H groups in total. The molecule has 5 fully saturated rings. The highest BCUT2D eigenvalue weighted by atomic mass is 17.3. The molecule has 1 saturated carbocycles. The summed E-state index contributed by atoms with van der Waals surface area (Å²) in [6.45, 7) is 6.83. The highest BCUT2D eigenvalue weighted by Gasteiger charge is 2.69. The van der Waals surface area contributed by atoms with Crippen LogP contribution in [0.15, 0.2) is 18.2 Å². The minimum atomic E-state index is -0.768. The standard InChI is InChI=1S/C27H38O8/c1-16-8-9-22-17(2)23(32-25-27(22)21(16)10-11-26(3,33-25)34-35-27)7-6-12-31-24(28)18-13-19(29-4)15-20(14-18)30-5/h13-17,21-23,25H,6-12H2,1-5H3/t16-,17-,21+,22+,23-,25?,26+,27-/m1/s1. The number of fused-ring (bicyclic) bond motifs is 2. The van der Waals surface area contributed by atoms with Gasteiger partial charge >= 0.3 is 5.97 Å². The molecule has 8 nitrogen and oxygen atoms in total. The molecule has 35 heavy (non-hydrogen) atoms. The molecule has 1 aromatic carbocycles. The molecular formula is C27H38O8. The van der Waals surface area contributed by atoms with Crippen molar-refractivity contribution in [2.75, 3.05) is 20.8 Å². The van der Waals surface area contributed by atoms with Crippen LogP contribution in [0.5, 0.6) is 11.5 Å². The van der Waals surface area contributed by atoms with Crippen molar-refractivity contribution >= 4 is 5.97 Å². The molecule has 0 radical (unpaired) electrons.